The number of aromatic carboxylic acids is 1. The largest absolute Gasteiger partial charge is 0.477 e. The Kier molecular flexibility index (Phi) is 2.92. The van der Waals surface area contributed by atoms with Gasteiger partial charge in [-0.15, -0.1) is 11.3 Å². The molecule has 0 atom stereocenters. The van der Waals surface area contributed by atoms with Crippen molar-refractivity contribution < 1.29 is 9.90 Å². The van der Waals surface area contributed by atoms with Gasteiger partial charge in [-0.3, -0.25) is 0 Å². The molecule has 0 amide bonds. The van der Waals surface area contributed by atoms with Gasteiger partial charge in [0.1, 0.15) is 4.88 Å². The van der Waals surface area contributed by atoms with E-state index in [-0.39, 0.29) is 16.8 Å². The predicted molar refractivity (Wildman–Crippen MR) is 55.7 cm³/mol. The highest BCUT2D eigenvalue weighted by atomic mass is 32.1. The molecular weight excluding hydrogens is 200 g/mol. The number of carboxylic acids is 1. The van der Waals surface area contributed by atoms with E-state index in [1.165, 1.54) is 11.3 Å². The zero-order valence-corrected chi connectivity index (χ0v) is 9.31. The van der Waals surface area contributed by atoms with Crippen molar-refractivity contribution in [3.63, 3.8) is 0 Å². The third kappa shape index (κ3) is 2.10. The van der Waals surface area contributed by atoms with Gasteiger partial charge in [-0.25, -0.2) is 9.78 Å². The number of aromatic nitrogens is 1. The Morgan fingerprint density at radius 3 is 2.43 bits per heavy atom. The minimum absolute atomic E-state index is 0.123. The number of carboxylic acid groups (broad SMARTS) is 1. The van der Waals surface area contributed by atoms with Gasteiger partial charge in [0, 0.05) is 12.0 Å². The smallest absolute Gasteiger partial charge is 0.347 e. The van der Waals surface area contributed by atoms with E-state index in [0.29, 0.717) is 5.69 Å². The molecule has 1 aromatic rings. The first kappa shape index (κ1) is 11.1. The molecule has 0 aliphatic rings. The van der Waals surface area contributed by atoms with E-state index in [0.717, 1.165) is 5.01 Å². The predicted octanol–water partition coefficient (Wildman–Crippen LogP) is 1.60. The van der Waals surface area contributed by atoms with Crippen LogP contribution in [0.25, 0.3) is 0 Å². The van der Waals surface area contributed by atoms with Crippen LogP contribution in [0.15, 0.2) is 0 Å². The van der Waals surface area contributed by atoms with Gasteiger partial charge in [0.25, 0.3) is 0 Å². The van der Waals surface area contributed by atoms with Gasteiger partial charge in [0.05, 0.1) is 10.7 Å². The Balaban J connectivity index is 3.20. The first-order chi connectivity index (χ1) is 6.36. The minimum atomic E-state index is -0.946. The van der Waals surface area contributed by atoms with Gasteiger partial charge in [0.15, 0.2) is 0 Å². The minimum Gasteiger partial charge on any atom is -0.477 e. The Morgan fingerprint density at radius 1 is 1.57 bits per heavy atom. The molecule has 0 aliphatic carbocycles. The summed E-state index contributed by atoms with van der Waals surface area (Å²) in [6, 6.07) is 0. The number of thiazole rings is 1. The van der Waals surface area contributed by atoms with Crippen molar-refractivity contribution in [2.75, 3.05) is 0 Å². The van der Waals surface area contributed by atoms with Crippen LogP contribution in [-0.4, -0.2) is 16.1 Å². The molecular formula is C9H14N2O2S. The summed E-state index contributed by atoms with van der Waals surface area (Å²) in [5, 5.41) is 9.71. The molecule has 0 saturated heterocycles. The van der Waals surface area contributed by atoms with Crippen LogP contribution in [0.2, 0.25) is 0 Å². The van der Waals surface area contributed by atoms with Crippen LogP contribution < -0.4 is 5.73 Å². The second-order valence-corrected chi connectivity index (χ2v) is 5.05. The molecule has 1 rings (SSSR count). The number of nitrogens with two attached hydrogens (primary N) is 1. The average molecular weight is 214 g/mol. The second kappa shape index (κ2) is 3.67. The van der Waals surface area contributed by atoms with Crippen LogP contribution in [0.5, 0.6) is 0 Å². The van der Waals surface area contributed by atoms with Gasteiger partial charge in [-0.1, -0.05) is 20.8 Å². The third-order valence-corrected chi connectivity index (χ3v) is 3.24. The first-order valence-corrected chi connectivity index (χ1v) is 5.11. The lowest BCUT2D eigenvalue weighted by molar-refractivity contribution is 0.0700. The highest BCUT2D eigenvalue weighted by molar-refractivity contribution is 7.13. The van der Waals surface area contributed by atoms with E-state index in [1.54, 1.807) is 0 Å². The van der Waals surface area contributed by atoms with Crippen LogP contribution in [0.1, 0.15) is 41.1 Å². The second-order valence-electron chi connectivity index (χ2n) is 4.05. The van der Waals surface area contributed by atoms with E-state index in [4.69, 9.17) is 10.8 Å². The third-order valence-electron chi connectivity index (χ3n) is 1.73. The Bertz CT molecular complexity index is 352. The molecule has 0 fully saturated rings. The molecule has 5 heteroatoms. The molecule has 3 N–H and O–H groups in total. The van der Waals surface area contributed by atoms with Crippen LogP contribution in [0.3, 0.4) is 0 Å². The van der Waals surface area contributed by atoms with Crippen molar-refractivity contribution in [3.8, 4) is 0 Å². The zero-order valence-electron chi connectivity index (χ0n) is 8.50. The maximum atomic E-state index is 10.8. The molecule has 0 unspecified atom stereocenters. The van der Waals surface area contributed by atoms with Crippen molar-refractivity contribution in [1.29, 1.82) is 0 Å². The molecule has 0 bridgehead atoms. The summed E-state index contributed by atoms with van der Waals surface area (Å²) in [5.74, 6) is -0.946. The van der Waals surface area contributed by atoms with Gasteiger partial charge in [-0.05, 0) is 0 Å². The van der Waals surface area contributed by atoms with E-state index in [9.17, 15) is 4.79 Å². The highest BCUT2D eigenvalue weighted by Crippen LogP contribution is 2.29. The summed E-state index contributed by atoms with van der Waals surface area (Å²) in [7, 11) is 0. The molecule has 0 radical (unpaired) electrons. The SMILES string of the molecule is CC(C)(C)c1nc(CN)c(C(=O)O)s1. The number of nitrogens with zero attached hydrogens (tertiary/aromatic N) is 1. The summed E-state index contributed by atoms with van der Waals surface area (Å²) in [6.45, 7) is 6.17. The van der Waals surface area contributed by atoms with Gasteiger partial charge >= 0.3 is 5.97 Å². The van der Waals surface area contributed by atoms with Crippen LogP contribution >= 0.6 is 11.3 Å². The lowest BCUT2D eigenvalue weighted by Crippen LogP contribution is -2.11. The molecule has 0 spiro atoms. The number of hydrogen-bond acceptors (Lipinski definition) is 4. The molecule has 14 heavy (non-hydrogen) atoms. The van der Waals surface area contributed by atoms with Gasteiger partial charge in [-0.2, -0.15) is 0 Å². The Labute approximate surface area is 86.8 Å². The Hall–Kier alpha value is -0.940. The Morgan fingerprint density at radius 2 is 2.14 bits per heavy atom. The first-order valence-electron chi connectivity index (χ1n) is 4.29. The van der Waals surface area contributed by atoms with E-state index in [2.05, 4.69) is 4.98 Å². The van der Waals surface area contributed by atoms with E-state index in [1.807, 2.05) is 20.8 Å². The fourth-order valence-corrected chi connectivity index (χ4v) is 1.97. The normalized spacial score (nSPS) is 11.7. The maximum Gasteiger partial charge on any atom is 0.347 e. The number of rotatable bonds is 2. The summed E-state index contributed by atoms with van der Waals surface area (Å²) in [4.78, 5) is 15.3. The topological polar surface area (TPSA) is 76.2 Å². The molecule has 0 aromatic carbocycles. The molecule has 78 valence electrons. The fourth-order valence-electron chi connectivity index (χ4n) is 0.978. The van der Waals surface area contributed by atoms with Crippen LogP contribution in [-0.2, 0) is 12.0 Å². The van der Waals surface area contributed by atoms with Crippen LogP contribution in [0.4, 0.5) is 0 Å². The number of hydrogen-bond donors (Lipinski definition) is 2. The summed E-state index contributed by atoms with van der Waals surface area (Å²) in [5.41, 5.74) is 5.78. The van der Waals surface area contributed by atoms with Crippen molar-refractivity contribution in [2.24, 2.45) is 5.73 Å². The van der Waals surface area contributed by atoms with Crippen molar-refractivity contribution in [2.45, 2.75) is 32.7 Å². The molecule has 1 heterocycles. The standard InChI is InChI=1S/C9H14N2O2S/c1-9(2,3)8-11-5(4-10)6(14-8)7(12)13/h4,10H2,1-3H3,(H,12,13). The lowest BCUT2D eigenvalue weighted by Gasteiger charge is -2.13. The highest BCUT2D eigenvalue weighted by Gasteiger charge is 2.23. The van der Waals surface area contributed by atoms with Gasteiger partial charge in [0.2, 0.25) is 0 Å². The average Bonchev–Trinajstić information content (AvgIpc) is 2.45. The molecule has 4 nitrogen and oxygen atoms in total. The summed E-state index contributed by atoms with van der Waals surface area (Å²) in [6.07, 6.45) is 0. The van der Waals surface area contributed by atoms with Gasteiger partial charge < -0.3 is 10.8 Å². The molecule has 0 saturated carbocycles. The van der Waals surface area contributed by atoms with Crippen molar-refractivity contribution in [1.82, 2.24) is 4.98 Å². The summed E-state index contributed by atoms with van der Waals surface area (Å²) < 4.78 is 0. The molecule has 1 aromatic heterocycles. The number of carbonyl (C=O) groups is 1. The lowest BCUT2D eigenvalue weighted by atomic mass is 9.98. The summed E-state index contributed by atoms with van der Waals surface area (Å²) >= 11 is 1.21. The maximum absolute atomic E-state index is 10.8. The zero-order chi connectivity index (χ0) is 10.9. The van der Waals surface area contributed by atoms with Crippen molar-refractivity contribution >= 4 is 17.3 Å². The van der Waals surface area contributed by atoms with Crippen molar-refractivity contribution in [3.05, 3.63) is 15.6 Å². The fraction of sp³-hybridized carbons (Fsp3) is 0.556. The van der Waals surface area contributed by atoms with Crippen LogP contribution in [0, 0.1) is 0 Å². The quantitative estimate of drug-likeness (QED) is 0.784. The molecule has 0 aliphatic heterocycles. The van der Waals surface area contributed by atoms with E-state index < -0.39 is 5.97 Å². The monoisotopic (exact) mass is 214 g/mol. The van der Waals surface area contributed by atoms with E-state index >= 15 is 0 Å².